The van der Waals surface area contributed by atoms with Gasteiger partial charge >= 0.3 is 0 Å². The fourth-order valence-electron chi connectivity index (χ4n) is 1.53. The summed E-state index contributed by atoms with van der Waals surface area (Å²) in [6.07, 6.45) is 8.11. The van der Waals surface area contributed by atoms with Gasteiger partial charge < -0.3 is 9.84 Å². The molecule has 0 aromatic rings. The Kier molecular flexibility index (Phi) is 10.9. The highest BCUT2D eigenvalue weighted by Gasteiger charge is 1.98. The van der Waals surface area contributed by atoms with E-state index in [1.807, 2.05) is 0 Å². The number of aliphatic hydroxyl groups is 1. The van der Waals surface area contributed by atoms with Gasteiger partial charge in [-0.25, -0.2) is 0 Å². The highest BCUT2D eigenvalue weighted by Crippen LogP contribution is 2.10. The molecule has 1 atom stereocenters. The monoisotopic (exact) mass is 228 g/mol. The van der Waals surface area contributed by atoms with Gasteiger partial charge in [-0.15, -0.1) is 0 Å². The van der Waals surface area contributed by atoms with Crippen molar-refractivity contribution in [3.63, 3.8) is 0 Å². The third kappa shape index (κ3) is 11.7. The lowest BCUT2D eigenvalue weighted by molar-refractivity contribution is 0.198. The van der Waals surface area contributed by atoms with Gasteiger partial charge in [-0.3, -0.25) is 0 Å². The highest BCUT2D eigenvalue weighted by molar-refractivity contribution is 4.92. The summed E-state index contributed by atoms with van der Waals surface area (Å²) in [7, 11) is 0. The summed E-state index contributed by atoms with van der Waals surface area (Å²) in [6, 6.07) is 0. The highest BCUT2D eigenvalue weighted by atomic mass is 16.5. The van der Waals surface area contributed by atoms with E-state index in [9.17, 15) is 0 Å². The molecule has 0 saturated carbocycles. The van der Waals surface area contributed by atoms with Crippen LogP contribution in [0.15, 0.2) is 11.6 Å². The molecule has 1 saturated heterocycles. The summed E-state index contributed by atoms with van der Waals surface area (Å²) in [5.74, 6) is 0.663. The lowest BCUT2D eigenvalue weighted by Crippen LogP contribution is -1.96. The Hall–Kier alpha value is -0.340. The van der Waals surface area contributed by atoms with E-state index in [2.05, 4.69) is 26.8 Å². The van der Waals surface area contributed by atoms with Gasteiger partial charge in [-0.1, -0.05) is 18.6 Å². The molecule has 0 radical (unpaired) electrons. The molecule has 1 aliphatic rings. The van der Waals surface area contributed by atoms with Crippen LogP contribution < -0.4 is 0 Å². The molecule has 1 N–H and O–H groups in total. The van der Waals surface area contributed by atoms with Crippen LogP contribution in [-0.4, -0.2) is 24.9 Å². The summed E-state index contributed by atoms with van der Waals surface area (Å²) in [4.78, 5) is 0. The van der Waals surface area contributed by atoms with Gasteiger partial charge in [0, 0.05) is 19.8 Å². The molecule has 0 aromatic carbocycles. The topological polar surface area (TPSA) is 29.5 Å². The van der Waals surface area contributed by atoms with Crippen molar-refractivity contribution in [2.75, 3.05) is 19.8 Å². The minimum atomic E-state index is 0.329. The average molecular weight is 228 g/mol. The molecule has 16 heavy (non-hydrogen) atoms. The van der Waals surface area contributed by atoms with Crippen molar-refractivity contribution in [3.05, 3.63) is 11.6 Å². The zero-order chi connectivity index (χ0) is 12.2. The first-order chi connectivity index (χ1) is 7.66. The summed E-state index contributed by atoms with van der Waals surface area (Å²) in [5, 5.41) is 8.63. The standard InChI is InChI=1S/C10H20O.C4H8O/c1-9(2)5-4-6-10(3)7-8-11;1-2-4-5-3-1/h5,10-11H,4,6-8H2,1-3H3;1-4H2. The van der Waals surface area contributed by atoms with Gasteiger partial charge in [0.25, 0.3) is 0 Å². The quantitative estimate of drug-likeness (QED) is 0.729. The maximum absolute atomic E-state index is 8.63. The molecule has 1 unspecified atom stereocenters. The van der Waals surface area contributed by atoms with Crippen LogP contribution >= 0.6 is 0 Å². The van der Waals surface area contributed by atoms with Crippen LogP contribution in [0.1, 0.15) is 52.9 Å². The van der Waals surface area contributed by atoms with Crippen LogP contribution in [0.2, 0.25) is 0 Å². The second kappa shape index (κ2) is 11.2. The van der Waals surface area contributed by atoms with Gasteiger partial charge in [-0.05, 0) is 51.9 Å². The molecule has 1 fully saturated rings. The first-order valence-corrected chi connectivity index (χ1v) is 6.48. The van der Waals surface area contributed by atoms with E-state index in [1.165, 1.54) is 24.8 Å². The van der Waals surface area contributed by atoms with Gasteiger partial charge in [0.05, 0.1) is 0 Å². The maximum Gasteiger partial charge on any atom is 0.0466 e. The summed E-state index contributed by atoms with van der Waals surface area (Å²) in [6.45, 7) is 8.76. The normalized spacial score (nSPS) is 16.2. The predicted molar refractivity (Wildman–Crippen MR) is 69.6 cm³/mol. The number of allylic oxidation sites excluding steroid dienone is 2. The molecule has 2 heteroatoms. The van der Waals surface area contributed by atoms with Crippen LogP contribution in [0.5, 0.6) is 0 Å². The first-order valence-electron chi connectivity index (χ1n) is 6.48. The molecule has 1 aliphatic heterocycles. The Morgan fingerprint density at radius 2 is 1.88 bits per heavy atom. The third-order valence-corrected chi connectivity index (χ3v) is 2.66. The number of hydrogen-bond donors (Lipinski definition) is 1. The minimum absolute atomic E-state index is 0.329. The van der Waals surface area contributed by atoms with Crippen molar-refractivity contribution in [3.8, 4) is 0 Å². The zero-order valence-electron chi connectivity index (χ0n) is 11.2. The molecular weight excluding hydrogens is 200 g/mol. The predicted octanol–water partition coefficient (Wildman–Crippen LogP) is 3.55. The third-order valence-electron chi connectivity index (χ3n) is 2.66. The van der Waals surface area contributed by atoms with Crippen LogP contribution in [0, 0.1) is 5.92 Å². The molecule has 1 heterocycles. The number of hydrogen-bond acceptors (Lipinski definition) is 2. The molecular formula is C14H28O2. The van der Waals surface area contributed by atoms with Gasteiger partial charge in [0.1, 0.15) is 0 Å². The van der Waals surface area contributed by atoms with Crippen molar-refractivity contribution >= 4 is 0 Å². The summed E-state index contributed by atoms with van der Waals surface area (Å²) < 4.78 is 4.94. The van der Waals surface area contributed by atoms with Crippen LogP contribution in [0.4, 0.5) is 0 Å². The number of ether oxygens (including phenoxy) is 1. The first kappa shape index (κ1) is 15.7. The molecule has 0 bridgehead atoms. The Balaban J connectivity index is 0.000000368. The second-order valence-corrected chi connectivity index (χ2v) is 4.80. The zero-order valence-corrected chi connectivity index (χ0v) is 11.2. The fraction of sp³-hybridized carbons (Fsp3) is 0.857. The lowest BCUT2D eigenvalue weighted by atomic mass is 10.0. The lowest BCUT2D eigenvalue weighted by Gasteiger charge is -2.06. The Morgan fingerprint density at radius 1 is 1.25 bits per heavy atom. The van der Waals surface area contributed by atoms with E-state index in [1.54, 1.807) is 0 Å². The van der Waals surface area contributed by atoms with Gasteiger partial charge in [0.2, 0.25) is 0 Å². The Bertz CT molecular complexity index is 160. The SMILES string of the molecule is C1CCOC1.CC(C)=CCCC(C)CCO. The largest absolute Gasteiger partial charge is 0.396 e. The fourth-order valence-corrected chi connectivity index (χ4v) is 1.53. The summed E-state index contributed by atoms with van der Waals surface area (Å²) >= 11 is 0. The molecule has 1 rings (SSSR count). The van der Waals surface area contributed by atoms with Crippen LogP contribution in [0.3, 0.4) is 0 Å². The Labute approximate surface area is 101 Å². The van der Waals surface area contributed by atoms with Crippen molar-refractivity contribution in [1.29, 1.82) is 0 Å². The van der Waals surface area contributed by atoms with Crippen molar-refractivity contribution in [2.45, 2.75) is 52.9 Å². The van der Waals surface area contributed by atoms with Gasteiger partial charge in [0.15, 0.2) is 0 Å². The maximum atomic E-state index is 8.63. The van der Waals surface area contributed by atoms with E-state index >= 15 is 0 Å². The van der Waals surface area contributed by atoms with E-state index in [0.29, 0.717) is 12.5 Å². The van der Waals surface area contributed by atoms with E-state index in [-0.39, 0.29) is 0 Å². The van der Waals surface area contributed by atoms with E-state index in [0.717, 1.165) is 26.1 Å². The molecule has 0 aliphatic carbocycles. The minimum Gasteiger partial charge on any atom is -0.396 e. The molecule has 0 aromatic heterocycles. The second-order valence-electron chi connectivity index (χ2n) is 4.80. The number of rotatable bonds is 5. The van der Waals surface area contributed by atoms with E-state index < -0.39 is 0 Å². The van der Waals surface area contributed by atoms with Crippen LogP contribution in [-0.2, 0) is 4.74 Å². The van der Waals surface area contributed by atoms with Crippen molar-refractivity contribution in [1.82, 2.24) is 0 Å². The van der Waals surface area contributed by atoms with Gasteiger partial charge in [-0.2, -0.15) is 0 Å². The Morgan fingerprint density at radius 3 is 2.25 bits per heavy atom. The average Bonchev–Trinajstić information content (AvgIpc) is 2.75. The molecule has 2 nitrogen and oxygen atoms in total. The summed E-state index contributed by atoms with van der Waals surface area (Å²) in [5.41, 5.74) is 1.39. The molecule has 0 amide bonds. The van der Waals surface area contributed by atoms with Crippen molar-refractivity contribution < 1.29 is 9.84 Å². The van der Waals surface area contributed by atoms with Crippen LogP contribution in [0.25, 0.3) is 0 Å². The van der Waals surface area contributed by atoms with E-state index in [4.69, 9.17) is 9.84 Å². The smallest absolute Gasteiger partial charge is 0.0466 e. The molecule has 96 valence electrons. The molecule has 0 spiro atoms. The van der Waals surface area contributed by atoms with Crippen molar-refractivity contribution in [2.24, 2.45) is 5.92 Å². The number of aliphatic hydroxyl groups excluding tert-OH is 1.